The highest BCUT2D eigenvalue weighted by Gasteiger charge is 2.17. The van der Waals surface area contributed by atoms with E-state index >= 15 is 0 Å². The summed E-state index contributed by atoms with van der Waals surface area (Å²) in [4.78, 5) is 21.5. The van der Waals surface area contributed by atoms with E-state index in [-0.39, 0.29) is 11.4 Å². The van der Waals surface area contributed by atoms with Crippen molar-refractivity contribution >= 4 is 33.2 Å². The summed E-state index contributed by atoms with van der Waals surface area (Å²) < 4.78 is 13.1. The molecule has 0 fully saturated rings. The quantitative estimate of drug-likeness (QED) is 0.492. The van der Waals surface area contributed by atoms with Gasteiger partial charge in [-0.05, 0) is 53.8 Å². The molecule has 2 N–H and O–H groups in total. The average molecular weight is 393 g/mol. The third-order valence-electron chi connectivity index (χ3n) is 4.44. The zero-order chi connectivity index (χ0) is 19.7. The molecule has 0 saturated carbocycles. The van der Waals surface area contributed by atoms with Crippen molar-refractivity contribution in [3.8, 4) is 11.4 Å². The summed E-state index contributed by atoms with van der Waals surface area (Å²) in [6, 6.07) is 11.5. The van der Waals surface area contributed by atoms with Crippen LogP contribution in [0, 0.1) is 12.7 Å². The fourth-order valence-electron chi connectivity index (χ4n) is 2.95. The number of aromatic carboxylic acids is 1. The number of carboxylic acids is 1. The maximum atomic E-state index is 13.1. The lowest BCUT2D eigenvalue weighted by molar-refractivity contribution is 0.0697. The monoisotopic (exact) mass is 393 g/mol. The maximum absolute atomic E-state index is 13.1. The first-order chi connectivity index (χ1) is 13.5. The molecule has 0 aliphatic rings. The molecule has 0 amide bonds. The Morgan fingerprint density at radius 2 is 2.00 bits per heavy atom. The number of aryl methyl sites for hydroxylation is 1. The smallest absolute Gasteiger partial charge is 0.336 e. The minimum Gasteiger partial charge on any atom is -0.478 e. The van der Waals surface area contributed by atoms with Gasteiger partial charge in [0.15, 0.2) is 5.82 Å². The first kappa shape index (κ1) is 18.1. The maximum Gasteiger partial charge on any atom is 0.336 e. The van der Waals surface area contributed by atoms with Gasteiger partial charge in [0.1, 0.15) is 10.6 Å². The molecule has 4 rings (SSSR count). The van der Waals surface area contributed by atoms with Crippen LogP contribution in [-0.2, 0) is 6.54 Å². The highest BCUT2D eigenvalue weighted by Crippen LogP contribution is 2.30. The molecule has 2 aromatic heterocycles. The largest absolute Gasteiger partial charge is 0.478 e. The average Bonchev–Trinajstić information content (AvgIpc) is 3.15. The molecule has 0 radical (unpaired) electrons. The van der Waals surface area contributed by atoms with E-state index in [1.807, 2.05) is 18.4 Å². The van der Waals surface area contributed by atoms with Gasteiger partial charge in [-0.15, -0.1) is 11.3 Å². The first-order valence-corrected chi connectivity index (χ1v) is 9.46. The van der Waals surface area contributed by atoms with Gasteiger partial charge in [-0.2, -0.15) is 0 Å². The van der Waals surface area contributed by atoms with Gasteiger partial charge in [-0.3, -0.25) is 0 Å². The molecule has 4 aromatic rings. The van der Waals surface area contributed by atoms with Crippen LogP contribution in [0.15, 0.2) is 54.0 Å². The molecule has 7 heteroatoms. The summed E-state index contributed by atoms with van der Waals surface area (Å²) in [7, 11) is 0. The second-order valence-corrected chi connectivity index (χ2v) is 7.27. The number of nitrogens with one attached hydrogen (secondary N) is 1. The summed E-state index contributed by atoms with van der Waals surface area (Å²) in [5, 5.41) is 15.8. The van der Waals surface area contributed by atoms with Crippen molar-refractivity contribution < 1.29 is 14.3 Å². The molecule has 0 saturated heterocycles. The molecular formula is C21H16FN3O2S. The van der Waals surface area contributed by atoms with Gasteiger partial charge in [0.25, 0.3) is 0 Å². The van der Waals surface area contributed by atoms with Crippen molar-refractivity contribution in [3.05, 3.63) is 76.5 Å². The Morgan fingerprint density at radius 1 is 1.21 bits per heavy atom. The van der Waals surface area contributed by atoms with Gasteiger partial charge in [0.05, 0.1) is 5.56 Å². The van der Waals surface area contributed by atoms with E-state index in [4.69, 9.17) is 0 Å². The van der Waals surface area contributed by atoms with Crippen LogP contribution >= 0.6 is 11.3 Å². The molecule has 0 unspecified atom stereocenters. The number of thiophene rings is 1. The first-order valence-electron chi connectivity index (χ1n) is 8.58. The molecule has 0 atom stereocenters. The predicted octanol–water partition coefficient (Wildman–Crippen LogP) is 5.12. The predicted molar refractivity (Wildman–Crippen MR) is 108 cm³/mol. The summed E-state index contributed by atoms with van der Waals surface area (Å²) in [6.45, 7) is 2.32. The lowest BCUT2D eigenvalue weighted by atomic mass is 10.0. The SMILES string of the molecule is Cc1cc(C(=O)O)c(-c2ncc3ccsc3n2)cc1NCc1ccc(F)cc1. The van der Waals surface area contributed by atoms with Crippen LogP contribution in [0.2, 0.25) is 0 Å². The van der Waals surface area contributed by atoms with Crippen LogP contribution in [0.5, 0.6) is 0 Å². The van der Waals surface area contributed by atoms with Crippen LogP contribution in [0.25, 0.3) is 21.6 Å². The van der Waals surface area contributed by atoms with Crippen LogP contribution in [0.1, 0.15) is 21.5 Å². The van der Waals surface area contributed by atoms with Crippen molar-refractivity contribution in [1.29, 1.82) is 0 Å². The number of carboxylic acid groups (broad SMARTS) is 1. The van der Waals surface area contributed by atoms with Crippen LogP contribution < -0.4 is 5.32 Å². The Kier molecular flexibility index (Phi) is 4.75. The van der Waals surface area contributed by atoms with Gasteiger partial charge in [0.2, 0.25) is 0 Å². The van der Waals surface area contributed by atoms with Crippen molar-refractivity contribution in [3.63, 3.8) is 0 Å². The summed E-state index contributed by atoms with van der Waals surface area (Å²) in [6.07, 6.45) is 1.70. The van der Waals surface area contributed by atoms with E-state index in [9.17, 15) is 14.3 Å². The van der Waals surface area contributed by atoms with E-state index in [1.165, 1.54) is 23.5 Å². The fourth-order valence-corrected chi connectivity index (χ4v) is 3.69. The molecule has 140 valence electrons. The Bertz CT molecular complexity index is 1170. The lowest BCUT2D eigenvalue weighted by Crippen LogP contribution is -2.06. The van der Waals surface area contributed by atoms with Gasteiger partial charge in [0, 0.05) is 29.4 Å². The summed E-state index contributed by atoms with van der Waals surface area (Å²) in [5.41, 5.74) is 3.09. The van der Waals surface area contributed by atoms with Crippen molar-refractivity contribution in [2.45, 2.75) is 13.5 Å². The summed E-state index contributed by atoms with van der Waals surface area (Å²) in [5.74, 6) is -0.940. The Labute approximate surface area is 164 Å². The molecule has 2 heterocycles. The second kappa shape index (κ2) is 7.36. The summed E-state index contributed by atoms with van der Waals surface area (Å²) >= 11 is 1.48. The zero-order valence-corrected chi connectivity index (χ0v) is 15.8. The topological polar surface area (TPSA) is 75.1 Å². The van der Waals surface area contributed by atoms with Gasteiger partial charge in [-0.25, -0.2) is 19.2 Å². The van der Waals surface area contributed by atoms with Crippen molar-refractivity contribution in [1.82, 2.24) is 9.97 Å². The lowest BCUT2D eigenvalue weighted by Gasteiger charge is -2.14. The van der Waals surface area contributed by atoms with Crippen LogP contribution in [0.3, 0.4) is 0 Å². The Hall–Kier alpha value is -3.32. The Morgan fingerprint density at radius 3 is 2.75 bits per heavy atom. The molecule has 0 aliphatic carbocycles. The second-order valence-electron chi connectivity index (χ2n) is 6.37. The highest BCUT2D eigenvalue weighted by atomic mass is 32.1. The van der Waals surface area contributed by atoms with Crippen molar-refractivity contribution in [2.24, 2.45) is 0 Å². The number of benzene rings is 2. The highest BCUT2D eigenvalue weighted by molar-refractivity contribution is 7.16. The van der Waals surface area contributed by atoms with E-state index in [2.05, 4.69) is 15.3 Å². The van der Waals surface area contributed by atoms with E-state index in [1.54, 1.807) is 30.5 Å². The van der Waals surface area contributed by atoms with Crippen molar-refractivity contribution in [2.75, 3.05) is 5.32 Å². The zero-order valence-electron chi connectivity index (χ0n) is 14.9. The number of halogens is 1. The molecule has 5 nitrogen and oxygen atoms in total. The third-order valence-corrected chi connectivity index (χ3v) is 5.26. The number of fused-ring (bicyclic) bond motifs is 1. The molecule has 0 bridgehead atoms. The van der Waals surface area contributed by atoms with Gasteiger partial charge < -0.3 is 10.4 Å². The number of carbonyl (C=O) groups is 1. The van der Waals surface area contributed by atoms with Crippen LogP contribution in [0.4, 0.5) is 10.1 Å². The number of nitrogens with zero attached hydrogens (tertiary/aromatic N) is 2. The van der Waals surface area contributed by atoms with E-state index in [0.717, 1.165) is 27.0 Å². The fraction of sp³-hybridized carbons (Fsp3) is 0.0952. The van der Waals surface area contributed by atoms with E-state index < -0.39 is 5.97 Å². The molecule has 2 aromatic carbocycles. The van der Waals surface area contributed by atoms with E-state index in [0.29, 0.717) is 17.9 Å². The van der Waals surface area contributed by atoms with Crippen LogP contribution in [-0.4, -0.2) is 21.0 Å². The third kappa shape index (κ3) is 3.57. The normalized spacial score (nSPS) is 10.9. The number of hydrogen-bond acceptors (Lipinski definition) is 5. The number of anilines is 1. The minimum atomic E-state index is -1.03. The Balaban J connectivity index is 1.72. The number of hydrogen-bond donors (Lipinski definition) is 2. The molecule has 0 aliphatic heterocycles. The standard InChI is InChI=1S/C21H16FN3O2S/c1-12-8-17(21(26)27)16(19-24-11-14-6-7-28-20(14)25-19)9-18(12)23-10-13-2-4-15(22)5-3-13/h2-9,11,23H,10H2,1H3,(H,26,27). The minimum absolute atomic E-state index is 0.153. The molecular weight excluding hydrogens is 377 g/mol. The number of rotatable bonds is 5. The molecule has 0 spiro atoms. The van der Waals surface area contributed by atoms with Gasteiger partial charge in [-0.1, -0.05) is 12.1 Å². The number of aromatic nitrogens is 2. The molecule has 28 heavy (non-hydrogen) atoms. The van der Waals surface area contributed by atoms with Gasteiger partial charge >= 0.3 is 5.97 Å².